The number of aryl methyl sites for hydroxylation is 2. The molecule has 3 heterocycles. The third-order valence-corrected chi connectivity index (χ3v) is 5.65. The number of fused-ring (bicyclic) bond motifs is 1. The van der Waals surface area contributed by atoms with Crippen molar-refractivity contribution in [1.82, 2.24) is 9.97 Å². The van der Waals surface area contributed by atoms with Gasteiger partial charge in [0.05, 0.1) is 5.39 Å². The highest BCUT2D eigenvalue weighted by Gasteiger charge is 2.28. The number of nitrogens with two attached hydrogens (primary N) is 1. The van der Waals surface area contributed by atoms with Crippen LogP contribution in [-0.4, -0.2) is 29.1 Å². The molecule has 2 unspecified atom stereocenters. The molecule has 0 spiro atoms. The second-order valence-corrected chi connectivity index (χ2v) is 7.04. The highest BCUT2D eigenvalue weighted by molar-refractivity contribution is 7.18. The lowest BCUT2D eigenvalue weighted by Gasteiger charge is -2.38. The van der Waals surface area contributed by atoms with Gasteiger partial charge in [0.15, 0.2) is 0 Å². The Morgan fingerprint density at radius 3 is 2.90 bits per heavy atom. The Bertz CT molecular complexity index is 622. The van der Waals surface area contributed by atoms with E-state index in [2.05, 4.69) is 35.6 Å². The standard InChI is InChI=1S/C15H22N4S/c1-9-4-5-12(6-16)7-19(9)14-13-10(2)11(3)20-15(13)18-8-17-14/h8-9,12H,4-7,16H2,1-3H3. The summed E-state index contributed by atoms with van der Waals surface area (Å²) in [5, 5.41) is 1.24. The molecule has 0 bridgehead atoms. The van der Waals surface area contributed by atoms with E-state index in [1.807, 2.05) is 0 Å². The minimum absolute atomic E-state index is 0.524. The first kappa shape index (κ1) is 13.8. The van der Waals surface area contributed by atoms with E-state index in [1.54, 1.807) is 17.7 Å². The van der Waals surface area contributed by atoms with Gasteiger partial charge in [-0.2, -0.15) is 0 Å². The fraction of sp³-hybridized carbons (Fsp3) is 0.600. The summed E-state index contributed by atoms with van der Waals surface area (Å²) in [7, 11) is 0. The van der Waals surface area contributed by atoms with Crippen LogP contribution >= 0.6 is 11.3 Å². The molecule has 108 valence electrons. The van der Waals surface area contributed by atoms with Crippen LogP contribution in [0.15, 0.2) is 6.33 Å². The SMILES string of the molecule is Cc1sc2ncnc(N3CC(CN)CCC3C)c2c1C. The normalized spacial score (nSPS) is 23.5. The van der Waals surface area contributed by atoms with Crippen molar-refractivity contribution in [3.63, 3.8) is 0 Å². The van der Waals surface area contributed by atoms with Crippen LogP contribution < -0.4 is 10.6 Å². The van der Waals surface area contributed by atoms with Crippen molar-refractivity contribution < 1.29 is 0 Å². The van der Waals surface area contributed by atoms with E-state index in [1.165, 1.54) is 28.7 Å². The Morgan fingerprint density at radius 2 is 2.15 bits per heavy atom. The molecule has 2 aromatic heterocycles. The zero-order valence-corrected chi connectivity index (χ0v) is 13.2. The third-order valence-electron chi connectivity index (χ3n) is 4.53. The summed E-state index contributed by atoms with van der Waals surface area (Å²) in [6, 6.07) is 0.524. The summed E-state index contributed by atoms with van der Waals surface area (Å²) in [6.07, 6.45) is 4.12. The number of hydrogen-bond donors (Lipinski definition) is 1. The minimum atomic E-state index is 0.524. The molecule has 0 saturated carbocycles. The van der Waals surface area contributed by atoms with E-state index in [9.17, 15) is 0 Å². The lowest BCUT2D eigenvalue weighted by Crippen LogP contribution is -2.44. The van der Waals surface area contributed by atoms with Gasteiger partial charge in [0.25, 0.3) is 0 Å². The molecule has 3 rings (SSSR count). The van der Waals surface area contributed by atoms with Crippen molar-refractivity contribution in [3.8, 4) is 0 Å². The molecule has 1 aliphatic heterocycles. The van der Waals surface area contributed by atoms with Crippen LogP contribution in [0.25, 0.3) is 10.2 Å². The van der Waals surface area contributed by atoms with Gasteiger partial charge in [0, 0.05) is 17.5 Å². The summed E-state index contributed by atoms with van der Waals surface area (Å²) >= 11 is 1.76. The highest BCUT2D eigenvalue weighted by atomic mass is 32.1. The van der Waals surface area contributed by atoms with Crippen LogP contribution in [0.5, 0.6) is 0 Å². The number of nitrogens with zero attached hydrogens (tertiary/aromatic N) is 3. The first-order valence-corrected chi connectivity index (χ1v) is 8.10. The maximum atomic E-state index is 5.88. The molecular formula is C15H22N4S. The molecule has 0 radical (unpaired) electrons. The first-order chi connectivity index (χ1) is 9.61. The second kappa shape index (κ2) is 5.30. The van der Waals surface area contributed by atoms with Gasteiger partial charge in [0.1, 0.15) is 17.0 Å². The average Bonchev–Trinajstić information content (AvgIpc) is 2.75. The van der Waals surface area contributed by atoms with Crippen LogP contribution in [-0.2, 0) is 0 Å². The molecule has 2 atom stereocenters. The Kier molecular flexibility index (Phi) is 3.65. The van der Waals surface area contributed by atoms with E-state index < -0.39 is 0 Å². The quantitative estimate of drug-likeness (QED) is 0.924. The lowest BCUT2D eigenvalue weighted by atomic mass is 9.93. The minimum Gasteiger partial charge on any atom is -0.353 e. The van der Waals surface area contributed by atoms with E-state index in [-0.39, 0.29) is 0 Å². The average molecular weight is 290 g/mol. The monoisotopic (exact) mass is 290 g/mol. The molecule has 0 aliphatic carbocycles. The zero-order valence-electron chi connectivity index (χ0n) is 12.4. The van der Waals surface area contributed by atoms with Crippen LogP contribution in [0, 0.1) is 19.8 Å². The van der Waals surface area contributed by atoms with Crippen molar-refractivity contribution in [3.05, 3.63) is 16.8 Å². The lowest BCUT2D eigenvalue weighted by molar-refractivity contribution is 0.372. The predicted octanol–water partition coefficient (Wildman–Crippen LogP) is 2.87. The van der Waals surface area contributed by atoms with Crippen LogP contribution in [0.3, 0.4) is 0 Å². The van der Waals surface area contributed by atoms with Crippen molar-refractivity contribution in [2.24, 2.45) is 11.7 Å². The Balaban J connectivity index is 2.08. The molecule has 4 nitrogen and oxygen atoms in total. The summed E-state index contributed by atoms with van der Waals surface area (Å²) < 4.78 is 0. The first-order valence-electron chi connectivity index (χ1n) is 7.29. The number of anilines is 1. The molecule has 5 heteroatoms. The number of piperidine rings is 1. The maximum absolute atomic E-state index is 5.88. The van der Waals surface area contributed by atoms with Crippen molar-refractivity contribution in [2.75, 3.05) is 18.0 Å². The number of thiophene rings is 1. The Labute approximate surface area is 124 Å². The topological polar surface area (TPSA) is 55.0 Å². The van der Waals surface area contributed by atoms with E-state index >= 15 is 0 Å². The van der Waals surface area contributed by atoms with Crippen molar-refractivity contribution in [1.29, 1.82) is 0 Å². The fourth-order valence-corrected chi connectivity index (χ4v) is 4.04. The predicted molar refractivity (Wildman–Crippen MR) is 85.5 cm³/mol. The Hall–Kier alpha value is -1.20. The van der Waals surface area contributed by atoms with Gasteiger partial charge in [-0.15, -0.1) is 11.3 Å². The largest absolute Gasteiger partial charge is 0.353 e. The molecule has 1 saturated heterocycles. The number of hydrogen-bond acceptors (Lipinski definition) is 5. The Morgan fingerprint density at radius 1 is 1.35 bits per heavy atom. The van der Waals surface area contributed by atoms with Gasteiger partial charge >= 0.3 is 0 Å². The zero-order chi connectivity index (χ0) is 14.3. The summed E-state index contributed by atoms with van der Waals surface area (Å²) in [5.74, 6) is 1.68. The van der Waals surface area contributed by atoms with E-state index in [4.69, 9.17) is 5.73 Å². The molecule has 2 N–H and O–H groups in total. The van der Waals surface area contributed by atoms with Crippen molar-refractivity contribution in [2.45, 2.75) is 39.7 Å². The number of rotatable bonds is 2. The molecule has 0 amide bonds. The van der Waals surface area contributed by atoms with Gasteiger partial charge < -0.3 is 10.6 Å². The van der Waals surface area contributed by atoms with E-state index in [0.717, 1.165) is 23.7 Å². The molecule has 2 aromatic rings. The summed E-state index contributed by atoms with van der Waals surface area (Å²) in [6.45, 7) is 8.40. The number of aromatic nitrogens is 2. The van der Waals surface area contributed by atoms with Crippen LogP contribution in [0.4, 0.5) is 5.82 Å². The third kappa shape index (κ3) is 2.19. The molecule has 1 aliphatic rings. The van der Waals surface area contributed by atoms with Crippen LogP contribution in [0.1, 0.15) is 30.2 Å². The van der Waals surface area contributed by atoms with Gasteiger partial charge in [-0.05, 0) is 51.6 Å². The second-order valence-electron chi connectivity index (χ2n) is 5.84. The van der Waals surface area contributed by atoms with E-state index in [0.29, 0.717) is 12.0 Å². The smallest absolute Gasteiger partial charge is 0.141 e. The molecule has 1 fully saturated rings. The van der Waals surface area contributed by atoms with Gasteiger partial charge in [0.2, 0.25) is 0 Å². The summed E-state index contributed by atoms with van der Waals surface area (Å²) in [5.41, 5.74) is 7.20. The maximum Gasteiger partial charge on any atom is 0.141 e. The van der Waals surface area contributed by atoms with Gasteiger partial charge in [-0.25, -0.2) is 9.97 Å². The molecule has 0 aromatic carbocycles. The molecule has 20 heavy (non-hydrogen) atoms. The summed E-state index contributed by atoms with van der Waals surface area (Å²) in [4.78, 5) is 13.9. The van der Waals surface area contributed by atoms with Crippen LogP contribution in [0.2, 0.25) is 0 Å². The van der Waals surface area contributed by atoms with Gasteiger partial charge in [-0.1, -0.05) is 0 Å². The van der Waals surface area contributed by atoms with Gasteiger partial charge in [-0.3, -0.25) is 0 Å². The fourth-order valence-electron chi connectivity index (χ4n) is 3.05. The molecular weight excluding hydrogens is 268 g/mol. The highest BCUT2D eigenvalue weighted by Crippen LogP contribution is 2.36. The van der Waals surface area contributed by atoms with Crippen molar-refractivity contribution >= 4 is 27.4 Å².